The standard InChI is InChI=1S/C14H22N2O/c1-4-16(13(17)10-14(2,3)15)11-12-8-6-5-7-9-12/h5-9H,4,10-11,15H2,1-3H3. The fraction of sp³-hybridized carbons (Fsp3) is 0.500. The highest BCUT2D eigenvalue weighted by molar-refractivity contribution is 5.77. The Hall–Kier alpha value is -1.35. The van der Waals surface area contributed by atoms with Crippen molar-refractivity contribution in [2.75, 3.05) is 6.54 Å². The molecule has 0 aromatic heterocycles. The van der Waals surface area contributed by atoms with Gasteiger partial charge in [-0.3, -0.25) is 4.79 Å². The van der Waals surface area contributed by atoms with Gasteiger partial charge in [0.05, 0.1) is 0 Å². The zero-order valence-corrected chi connectivity index (χ0v) is 10.9. The molecule has 3 nitrogen and oxygen atoms in total. The first kappa shape index (κ1) is 13.7. The van der Waals surface area contributed by atoms with Crippen LogP contribution in [0.5, 0.6) is 0 Å². The molecule has 0 aliphatic carbocycles. The number of benzene rings is 1. The van der Waals surface area contributed by atoms with Gasteiger partial charge < -0.3 is 10.6 Å². The van der Waals surface area contributed by atoms with Gasteiger partial charge in [-0.1, -0.05) is 30.3 Å². The second kappa shape index (κ2) is 5.82. The Bertz CT molecular complexity index is 354. The molecule has 0 radical (unpaired) electrons. The van der Waals surface area contributed by atoms with Gasteiger partial charge in [0.2, 0.25) is 5.91 Å². The molecule has 0 unspecified atom stereocenters. The quantitative estimate of drug-likeness (QED) is 0.848. The Labute approximate surface area is 104 Å². The Morgan fingerprint density at radius 2 is 1.88 bits per heavy atom. The lowest BCUT2D eigenvalue weighted by Gasteiger charge is -2.25. The first-order chi connectivity index (χ1) is 7.92. The van der Waals surface area contributed by atoms with Crippen LogP contribution in [0.3, 0.4) is 0 Å². The molecule has 0 spiro atoms. The van der Waals surface area contributed by atoms with Crippen molar-refractivity contribution in [3.8, 4) is 0 Å². The normalized spacial score (nSPS) is 11.3. The van der Waals surface area contributed by atoms with E-state index in [4.69, 9.17) is 5.73 Å². The van der Waals surface area contributed by atoms with Gasteiger partial charge in [-0.05, 0) is 26.3 Å². The first-order valence-electron chi connectivity index (χ1n) is 6.03. The molecule has 0 atom stereocenters. The van der Waals surface area contributed by atoms with Gasteiger partial charge >= 0.3 is 0 Å². The molecule has 3 heteroatoms. The summed E-state index contributed by atoms with van der Waals surface area (Å²) in [6.07, 6.45) is 0.383. The first-order valence-corrected chi connectivity index (χ1v) is 6.03. The summed E-state index contributed by atoms with van der Waals surface area (Å²) >= 11 is 0. The molecule has 94 valence electrons. The lowest BCUT2D eigenvalue weighted by Crippen LogP contribution is -2.40. The van der Waals surface area contributed by atoms with Gasteiger partial charge in [-0.25, -0.2) is 0 Å². The number of carbonyl (C=O) groups excluding carboxylic acids is 1. The minimum Gasteiger partial charge on any atom is -0.339 e. The number of rotatable bonds is 5. The maximum absolute atomic E-state index is 12.0. The number of nitrogens with two attached hydrogens (primary N) is 1. The average molecular weight is 234 g/mol. The van der Waals surface area contributed by atoms with Gasteiger partial charge in [-0.2, -0.15) is 0 Å². The zero-order valence-electron chi connectivity index (χ0n) is 10.9. The summed E-state index contributed by atoms with van der Waals surface area (Å²) in [7, 11) is 0. The van der Waals surface area contributed by atoms with E-state index >= 15 is 0 Å². The average Bonchev–Trinajstić information content (AvgIpc) is 2.24. The van der Waals surface area contributed by atoms with E-state index in [1.165, 1.54) is 0 Å². The van der Waals surface area contributed by atoms with Crippen LogP contribution in [-0.4, -0.2) is 22.9 Å². The van der Waals surface area contributed by atoms with E-state index in [9.17, 15) is 4.79 Å². The highest BCUT2D eigenvalue weighted by atomic mass is 16.2. The van der Waals surface area contributed by atoms with Crippen LogP contribution in [0.4, 0.5) is 0 Å². The fourth-order valence-corrected chi connectivity index (χ4v) is 1.68. The van der Waals surface area contributed by atoms with Crippen molar-refractivity contribution in [1.82, 2.24) is 4.90 Å². The molecule has 1 amide bonds. The predicted molar refractivity (Wildman–Crippen MR) is 70.4 cm³/mol. The van der Waals surface area contributed by atoms with Crippen LogP contribution in [0, 0.1) is 0 Å². The van der Waals surface area contributed by atoms with Gasteiger partial charge in [0.1, 0.15) is 0 Å². The molecular formula is C14H22N2O. The summed E-state index contributed by atoms with van der Waals surface area (Å²) in [6.45, 7) is 7.11. The molecule has 0 aliphatic rings. The molecule has 0 heterocycles. The van der Waals surface area contributed by atoms with Crippen LogP contribution in [-0.2, 0) is 11.3 Å². The maximum atomic E-state index is 12.0. The molecule has 2 N–H and O–H groups in total. The van der Waals surface area contributed by atoms with E-state index in [0.29, 0.717) is 19.5 Å². The highest BCUT2D eigenvalue weighted by Gasteiger charge is 2.20. The van der Waals surface area contributed by atoms with E-state index in [-0.39, 0.29) is 5.91 Å². The number of carbonyl (C=O) groups is 1. The molecule has 1 aromatic rings. The lowest BCUT2D eigenvalue weighted by atomic mass is 10.0. The Kier molecular flexibility index (Phi) is 4.70. The largest absolute Gasteiger partial charge is 0.339 e. The van der Waals surface area contributed by atoms with Crippen LogP contribution < -0.4 is 5.73 Å². The second-order valence-electron chi connectivity index (χ2n) is 5.06. The molecule has 0 fully saturated rings. The summed E-state index contributed by atoms with van der Waals surface area (Å²) in [5.41, 5.74) is 6.58. The minimum atomic E-state index is -0.443. The van der Waals surface area contributed by atoms with E-state index in [1.54, 1.807) is 0 Å². The lowest BCUT2D eigenvalue weighted by molar-refractivity contribution is -0.132. The van der Waals surface area contributed by atoms with E-state index in [2.05, 4.69) is 0 Å². The number of hydrogen-bond acceptors (Lipinski definition) is 2. The molecule has 0 saturated carbocycles. The van der Waals surface area contributed by atoms with E-state index in [1.807, 2.05) is 56.0 Å². The van der Waals surface area contributed by atoms with Gasteiger partial charge in [0.25, 0.3) is 0 Å². The summed E-state index contributed by atoms with van der Waals surface area (Å²) in [5.74, 6) is 0.115. The van der Waals surface area contributed by atoms with Crippen molar-refractivity contribution >= 4 is 5.91 Å². The highest BCUT2D eigenvalue weighted by Crippen LogP contribution is 2.10. The van der Waals surface area contributed by atoms with Crippen LogP contribution in [0.2, 0.25) is 0 Å². The molecule has 0 bridgehead atoms. The summed E-state index contributed by atoms with van der Waals surface area (Å²) in [4.78, 5) is 13.9. The van der Waals surface area contributed by atoms with Gasteiger partial charge in [-0.15, -0.1) is 0 Å². The van der Waals surface area contributed by atoms with Crippen LogP contribution >= 0.6 is 0 Å². The molecular weight excluding hydrogens is 212 g/mol. The number of nitrogens with zero attached hydrogens (tertiary/aromatic N) is 1. The van der Waals surface area contributed by atoms with Gasteiger partial charge in [0.15, 0.2) is 0 Å². The third kappa shape index (κ3) is 5.00. The van der Waals surface area contributed by atoms with Crippen molar-refractivity contribution < 1.29 is 4.79 Å². The minimum absolute atomic E-state index is 0.115. The van der Waals surface area contributed by atoms with Crippen molar-refractivity contribution in [3.05, 3.63) is 35.9 Å². The Balaban J connectivity index is 2.63. The SMILES string of the molecule is CCN(Cc1ccccc1)C(=O)CC(C)(C)N. The van der Waals surface area contributed by atoms with E-state index < -0.39 is 5.54 Å². The molecule has 0 saturated heterocycles. The Morgan fingerprint density at radius 1 is 1.29 bits per heavy atom. The number of hydrogen-bond donors (Lipinski definition) is 1. The van der Waals surface area contributed by atoms with Crippen molar-refractivity contribution in [3.63, 3.8) is 0 Å². The molecule has 1 rings (SSSR count). The van der Waals surface area contributed by atoms with E-state index in [0.717, 1.165) is 5.56 Å². The Morgan fingerprint density at radius 3 is 2.35 bits per heavy atom. The topological polar surface area (TPSA) is 46.3 Å². The van der Waals surface area contributed by atoms with Gasteiger partial charge in [0, 0.05) is 25.0 Å². The third-order valence-corrected chi connectivity index (χ3v) is 2.56. The molecule has 1 aromatic carbocycles. The zero-order chi connectivity index (χ0) is 12.9. The predicted octanol–water partition coefficient (Wildman–Crippen LogP) is 2.16. The maximum Gasteiger partial charge on any atom is 0.224 e. The summed E-state index contributed by atoms with van der Waals surface area (Å²) < 4.78 is 0. The van der Waals surface area contributed by atoms with Crippen LogP contribution in [0.15, 0.2) is 30.3 Å². The summed E-state index contributed by atoms with van der Waals surface area (Å²) in [5, 5.41) is 0. The fourth-order valence-electron chi connectivity index (χ4n) is 1.68. The third-order valence-electron chi connectivity index (χ3n) is 2.56. The monoisotopic (exact) mass is 234 g/mol. The molecule has 17 heavy (non-hydrogen) atoms. The molecule has 0 aliphatic heterocycles. The van der Waals surface area contributed by atoms with Crippen LogP contribution in [0.1, 0.15) is 32.8 Å². The van der Waals surface area contributed by atoms with Crippen LogP contribution in [0.25, 0.3) is 0 Å². The summed E-state index contributed by atoms with van der Waals surface area (Å²) in [6, 6.07) is 10.0. The van der Waals surface area contributed by atoms with Crippen molar-refractivity contribution in [1.29, 1.82) is 0 Å². The van der Waals surface area contributed by atoms with Crippen molar-refractivity contribution in [2.45, 2.75) is 39.3 Å². The second-order valence-corrected chi connectivity index (χ2v) is 5.06. The smallest absolute Gasteiger partial charge is 0.224 e. The number of amides is 1. The van der Waals surface area contributed by atoms with Crippen molar-refractivity contribution in [2.24, 2.45) is 5.73 Å².